The molecule has 1 unspecified atom stereocenters. The van der Waals surface area contributed by atoms with Crippen molar-refractivity contribution >= 4 is 23.2 Å². The molecule has 21 heavy (non-hydrogen) atoms. The number of thiophene rings is 1. The first-order valence-electron chi connectivity index (χ1n) is 6.65. The van der Waals surface area contributed by atoms with Gasteiger partial charge in [-0.25, -0.2) is 0 Å². The second-order valence-corrected chi connectivity index (χ2v) is 5.56. The van der Waals surface area contributed by atoms with Crippen molar-refractivity contribution in [3.8, 4) is 11.8 Å². The lowest BCUT2D eigenvalue weighted by molar-refractivity contribution is -0.124. The number of carbonyl (C=O) groups excluding carboxylic acids is 2. The molecule has 0 saturated heterocycles. The highest BCUT2D eigenvalue weighted by Crippen LogP contribution is 2.18. The van der Waals surface area contributed by atoms with Crippen molar-refractivity contribution in [2.45, 2.75) is 13.3 Å². The lowest BCUT2D eigenvalue weighted by Crippen LogP contribution is -2.37. The van der Waals surface area contributed by atoms with Crippen LogP contribution in [0.2, 0.25) is 0 Å². The summed E-state index contributed by atoms with van der Waals surface area (Å²) in [5, 5.41) is 13.1. The van der Waals surface area contributed by atoms with Crippen LogP contribution in [0.1, 0.15) is 28.6 Å². The van der Waals surface area contributed by atoms with Gasteiger partial charge >= 0.3 is 0 Å². The van der Waals surface area contributed by atoms with Crippen LogP contribution >= 0.6 is 11.3 Å². The number of nitrogens with one attached hydrogen (secondary N) is 1. The zero-order valence-electron chi connectivity index (χ0n) is 12.5. The fraction of sp³-hybridized carbons (Fsp3) is 0.467. The quantitative estimate of drug-likeness (QED) is 0.795. The van der Waals surface area contributed by atoms with E-state index in [0.29, 0.717) is 23.4 Å². The van der Waals surface area contributed by atoms with Gasteiger partial charge in [0.1, 0.15) is 4.88 Å². The number of aliphatic hydroxyl groups excluding tert-OH is 1. The third kappa shape index (κ3) is 4.88. The predicted molar refractivity (Wildman–Crippen MR) is 83.1 cm³/mol. The van der Waals surface area contributed by atoms with Crippen molar-refractivity contribution in [1.82, 2.24) is 10.2 Å². The molecule has 5 nitrogen and oxygen atoms in total. The van der Waals surface area contributed by atoms with E-state index in [1.165, 1.54) is 16.2 Å². The number of carbonyl (C=O) groups is 2. The summed E-state index contributed by atoms with van der Waals surface area (Å²) in [6, 6.07) is 1.79. The Bertz CT molecular complexity index is 557. The minimum Gasteiger partial charge on any atom is -0.395 e. The van der Waals surface area contributed by atoms with Crippen LogP contribution in [0.15, 0.2) is 11.4 Å². The molecular weight excluding hydrogens is 288 g/mol. The summed E-state index contributed by atoms with van der Waals surface area (Å²) in [6.07, 6.45) is 0.382. The second kappa shape index (κ2) is 8.45. The topological polar surface area (TPSA) is 69.6 Å². The van der Waals surface area contributed by atoms with Gasteiger partial charge in [0.25, 0.3) is 5.91 Å². The molecule has 1 atom stereocenters. The molecule has 0 aromatic carbocycles. The van der Waals surface area contributed by atoms with E-state index in [0.717, 1.165) is 0 Å². The predicted octanol–water partition coefficient (Wildman–Crippen LogP) is 0.936. The standard InChI is InChI=1S/C15H20N2O3S/c1-11(14(19)16-2)10-17(3)15(20)13-12(7-9-21-13)6-4-5-8-18/h7,9,11,18H,5,8,10H2,1-3H3,(H,16,19). The van der Waals surface area contributed by atoms with Gasteiger partial charge in [-0.1, -0.05) is 18.8 Å². The summed E-state index contributed by atoms with van der Waals surface area (Å²) in [5.74, 6) is 5.19. The van der Waals surface area contributed by atoms with Gasteiger partial charge in [0.2, 0.25) is 5.91 Å². The lowest BCUT2D eigenvalue weighted by atomic mass is 10.1. The third-order valence-electron chi connectivity index (χ3n) is 2.91. The molecule has 1 rings (SSSR count). The van der Waals surface area contributed by atoms with Crippen LogP contribution in [0.4, 0.5) is 0 Å². The molecule has 1 aromatic rings. The maximum atomic E-state index is 12.4. The van der Waals surface area contributed by atoms with Crippen LogP contribution in [-0.2, 0) is 4.79 Å². The minimum atomic E-state index is -0.271. The molecule has 0 fully saturated rings. The molecule has 1 aromatic heterocycles. The van der Waals surface area contributed by atoms with E-state index in [1.54, 1.807) is 27.1 Å². The highest BCUT2D eigenvalue weighted by Gasteiger charge is 2.20. The number of rotatable bonds is 5. The molecule has 2 N–H and O–H groups in total. The third-order valence-corrected chi connectivity index (χ3v) is 3.81. The monoisotopic (exact) mass is 308 g/mol. The van der Waals surface area contributed by atoms with E-state index < -0.39 is 0 Å². The average Bonchev–Trinajstić information content (AvgIpc) is 2.94. The molecule has 0 aliphatic carbocycles. The SMILES string of the molecule is CNC(=O)C(C)CN(C)C(=O)c1sccc1C#CCCO. The van der Waals surface area contributed by atoms with Crippen LogP contribution in [0.5, 0.6) is 0 Å². The van der Waals surface area contributed by atoms with E-state index in [2.05, 4.69) is 17.2 Å². The van der Waals surface area contributed by atoms with Crippen LogP contribution in [0.3, 0.4) is 0 Å². The molecule has 0 aliphatic rings. The van der Waals surface area contributed by atoms with Crippen molar-refractivity contribution < 1.29 is 14.7 Å². The Morgan fingerprint density at radius 2 is 2.24 bits per heavy atom. The molecule has 6 heteroatoms. The first kappa shape index (κ1) is 17.2. The number of nitrogens with zero attached hydrogens (tertiary/aromatic N) is 1. The van der Waals surface area contributed by atoms with Crippen LogP contribution < -0.4 is 5.32 Å². The van der Waals surface area contributed by atoms with E-state index >= 15 is 0 Å². The Kier molecular flexibility index (Phi) is 6.92. The molecule has 114 valence electrons. The van der Waals surface area contributed by atoms with Gasteiger partial charge in [-0.3, -0.25) is 9.59 Å². The first-order chi connectivity index (χ1) is 10.0. The van der Waals surface area contributed by atoms with E-state index in [1.807, 2.05) is 5.38 Å². The van der Waals surface area contributed by atoms with Gasteiger partial charge in [0, 0.05) is 32.6 Å². The summed E-state index contributed by atoms with van der Waals surface area (Å²) in [4.78, 5) is 26.0. The summed E-state index contributed by atoms with van der Waals surface area (Å²) in [5.41, 5.74) is 0.665. The van der Waals surface area contributed by atoms with Gasteiger partial charge in [0.05, 0.1) is 12.5 Å². The summed E-state index contributed by atoms with van der Waals surface area (Å²) < 4.78 is 0. The molecule has 0 spiro atoms. The Labute approximate surface area is 129 Å². The van der Waals surface area contributed by atoms with Crippen LogP contribution in [0.25, 0.3) is 0 Å². The minimum absolute atomic E-state index is 0.00393. The summed E-state index contributed by atoms with van der Waals surface area (Å²) in [7, 11) is 3.25. The highest BCUT2D eigenvalue weighted by atomic mass is 32.1. The van der Waals surface area contributed by atoms with Crippen molar-refractivity contribution in [2.24, 2.45) is 5.92 Å². The molecular formula is C15H20N2O3S. The highest BCUT2D eigenvalue weighted by molar-refractivity contribution is 7.12. The fourth-order valence-corrected chi connectivity index (χ4v) is 2.63. The van der Waals surface area contributed by atoms with E-state index in [-0.39, 0.29) is 24.3 Å². The molecule has 0 bridgehead atoms. The normalized spacial score (nSPS) is 11.2. The smallest absolute Gasteiger partial charge is 0.264 e. The summed E-state index contributed by atoms with van der Waals surface area (Å²) >= 11 is 1.33. The zero-order valence-corrected chi connectivity index (χ0v) is 13.3. The number of amides is 2. The van der Waals surface area contributed by atoms with E-state index in [9.17, 15) is 9.59 Å². The molecule has 0 radical (unpaired) electrons. The van der Waals surface area contributed by atoms with Crippen molar-refractivity contribution in [1.29, 1.82) is 0 Å². The zero-order chi connectivity index (χ0) is 15.8. The first-order valence-corrected chi connectivity index (χ1v) is 7.53. The Hall–Kier alpha value is -1.84. The van der Waals surface area contributed by atoms with Crippen molar-refractivity contribution in [3.05, 3.63) is 21.9 Å². The van der Waals surface area contributed by atoms with Crippen LogP contribution in [-0.4, -0.2) is 49.1 Å². The van der Waals surface area contributed by atoms with Crippen LogP contribution in [0, 0.1) is 17.8 Å². The second-order valence-electron chi connectivity index (χ2n) is 4.64. The van der Waals surface area contributed by atoms with E-state index in [4.69, 9.17) is 5.11 Å². The van der Waals surface area contributed by atoms with Gasteiger partial charge < -0.3 is 15.3 Å². The maximum absolute atomic E-state index is 12.4. The molecule has 1 heterocycles. The average molecular weight is 308 g/mol. The molecule has 0 saturated carbocycles. The number of aliphatic hydroxyl groups is 1. The number of hydrogen-bond donors (Lipinski definition) is 2. The van der Waals surface area contributed by atoms with Gasteiger partial charge in [-0.2, -0.15) is 0 Å². The number of hydrogen-bond acceptors (Lipinski definition) is 4. The Morgan fingerprint density at radius 1 is 1.52 bits per heavy atom. The van der Waals surface area contributed by atoms with Crippen molar-refractivity contribution in [2.75, 3.05) is 27.2 Å². The summed E-state index contributed by atoms with van der Waals surface area (Å²) in [6.45, 7) is 2.13. The van der Waals surface area contributed by atoms with Gasteiger partial charge in [0.15, 0.2) is 0 Å². The van der Waals surface area contributed by atoms with Gasteiger partial charge in [-0.05, 0) is 11.4 Å². The Morgan fingerprint density at radius 3 is 2.86 bits per heavy atom. The molecule has 0 aliphatic heterocycles. The lowest BCUT2D eigenvalue weighted by Gasteiger charge is -2.20. The fourth-order valence-electron chi connectivity index (χ4n) is 1.78. The van der Waals surface area contributed by atoms with Gasteiger partial charge in [-0.15, -0.1) is 11.3 Å². The van der Waals surface area contributed by atoms with Crippen molar-refractivity contribution in [3.63, 3.8) is 0 Å². The Balaban J connectivity index is 2.78. The largest absolute Gasteiger partial charge is 0.395 e. The maximum Gasteiger partial charge on any atom is 0.264 e. The molecule has 2 amide bonds.